The lowest BCUT2D eigenvalue weighted by atomic mass is 9.83. The van der Waals surface area contributed by atoms with Gasteiger partial charge in [-0.2, -0.15) is 8.42 Å². The van der Waals surface area contributed by atoms with Crippen molar-refractivity contribution in [2.24, 2.45) is 17.8 Å². The summed E-state index contributed by atoms with van der Waals surface area (Å²) in [7, 11) is -4.24. The van der Waals surface area contributed by atoms with Crippen LogP contribution in [0.15, 0.2) is 30.3 Å². The molecule has 206 valence electrons. The zero-order valence-electron chi connectivity index (χ0n) is 22.2. The van der Waals surface area contributed by atoms with Crippen molar-refractivity contribution in [3.05, 3.63) is 35.9 Å². The Morgan fingerprint density at radius 1 is 0.944 bits per heavy atom. The fraction of sp³-hybridized carbons (Fsp3) is 0.704. The molecule has 4 atom stereocenters. The predicted molar refractivity (Wildman–Crippen MR) is 139 cm³/mol. The predicted octanol–water partition coefficient (Wildman–Crippen LogP) is 5.38. The Labute approximate surface area is 216 Å². The molecule has 0 saturated carbocycles. The molecule has 0 aromatic heterocycles. The van der Waals surface area contributed by atoms with E-state index in [0.717, 1.165) is 37.7 Å². The average molecular weight is 529 g/mol. The Kier molecular flexibility index (Phi) is 15.6. The molecule has 0 fully saturated rings. The number of unbranched alkanes of at least 4 members (excludes halogenated alkanes) is 1. The highest BCUT2D eigenvalue weighted by molar-refractivity contribution is 7.85. The van der Waals surface area contributed by atoms with Gasteiger partial charge in [-0.15, -0.1) is 0 Å². The molecular formula is C27H44O8S. The second-order valence-electron chi connectivity index (χ2n) is 9.41. The topological polar surface area (TPSA) is 116 Å². The molecule has 0 aliphatic carbocycles. The summed E-state index contributed by atoms with van der Waals surface area (Å²) in [4.78, 5) is 25.7. The van der Waals surface area contributed by atoms with Crippen molar-refractivity contribution >= 4 is 22.1 Å². The molecule has 1 N–H and O–H groups in total. The molecule has 0 spiro atoms. The van der Waals surface area contributed by atoms with E-state index in [9.17, 15) is 18.0 Å². The quantitative estimate of drug-likeness (QED) is 0.145. The van der Waals surface area contributed by atoms with E-state index < -0.39 is 33.9 Å². The summed E-state index contributed by atoms with van der Waals surface area (Å²) < 4.78 is 45.8. The monoisotopic (exact) mass is 528 g/mol. The van der Waals surface area contributed by atoms with Crippen molar-refractivity contribution in [2.45, 2.75) is 78.6 Å². The maximum atomic E-state index is 13.2. The van der Waals surface area contributed by atoms with Crippen LogP contribution >= 0.6 is 0 Å². The van der Waals surface area contributed by atoms with Crippen LogP contribution in [0.2, 0.25) is 0 Å². The minimum absolute atomic E-state index is 0.148. The maximum Gasteiger partial charge on any atom is 0.308 e. The van der Waals surface area contributed by atoms with Crippen LogP contribution in [0.25, 0.3) is 0 Å². The highest BCUT2D eigenvalue weighted by atomic mass is 32.2. The first kappa shape index (κ1) is 32.1. The molecule has 9 heteroatoms. The molecule has 0 aliphatic rings. The molecular weight excluding hydrogens is 484 g/mol. The lowest BCUT2D eigenvalue weighted by Crippen LogP contribution is -2.28. The normalized spacial score (nSPS) is 15.0. The van der Waals surface area contributed by atoms with Gasteiger partial charge in [0.05, 0.1) is 25.0 Å². The molecule has 0 bridgehead atoms. The van der Waals surface area contributed by atoms with Crippen LogP contribution in [0.3, 0.4) is 0 Å². The molecule has 0 aliphatic heterocycles. The van der Waals surface area contributed by atoms with E-state index in [0.29, 0.717) is 25.4 Å². The summed E-state index contributed by atoms with van der Waals surface area (Å²) in [6, 6.07) is 10.0. The van der Waals surface area contributed by atoms with Crippen LogP contribution in [0.5, 0.6) is 0 Å². The first-order valence-electron chi connectivity index (χ1n) is 13.0. The second kappa shape index (κ2) is 17.5. The van der Waals surface area contributed by atoms with Crippen LogP contribution in [0.4, 0.5) is 0 Å². The van der Waals surface area contributed by atoms with Gasteiger partial charge in [-0.3, -0.25) is 14.1 Å². The molecule has 36 heavy (non-hydrogen) atoms. The summed E-state index contributed by atoms with van der Waals surface area (Å²) in [6.45, 7) is 8.12. The van der Waals surface area contributed by atoms with Gasteiger partial charge in [0, 0.05) is 0 Å². The summed E-state index contributed by atoms with van der Waals surface area (Å²) in [5.41, 5.74) is 1.15. The molecule has 8 nitrogen and oxygen atoms in total. The number of rotatable bonds is 19. The van der Waals surface area contributed by atoms with Gasteiger partial charge in [0.25, 0.3) is 10.1 Å². The van der Waals surface area contributed by atoms with E-state index in [1.54, 1.807) is 6.92 Å². The third-order valence-corrected chi connectivity index (χ3v) is 6.88. The van der Waals surface area contributed by atoms with Gasteiger partial charge in [0.1, 0.15) is 6.61 Å². The van der Waals surface area contributed by atoms with E-state index in [4.69, 9.17) is 18.8 Å². The first-order chi connectivity index (χ1) is 17.1. The van der Waals surface area contributed by atoms with Crippen LogP contribution in [-0.2, 0) is 33.9 Å². The van der Waals surface area contributed by atoms with Crippen molar-refractivity contribution in [1.29, 1.82) is 0 Å². The van der Waals surface area contributed by atoms with Crippen molar-refractivity contribution in [1.82, 2.24) is 0 Å². The van der Waals surface area contributed by atoms with Crippen LogP contribution in [0.1, 0.15) is 84.1 Å². The summed E-state index contributed by atoms with van der Waals surface area (Å²) in [5.74, 6) is -2.17. The Balaban J connectivity index is 2.80. The molecule has 0 radical (unpaired) electrons. The average Bonchev–Trinajstić information content (AvgIpc) is 2.85. The third-order valence-electron chi connectivity index (χ3n) is 6.42. The Bertz CT molecular complexity index is 856. The number of esters is 2. The van der Waals surface area contributed by atoms with Crippen molar-refractivity contribution < 1.29 is 36.8 Å². The number of benzene rings is 1. The van der Waals surface area contributed by atoms with E-state index in [-0.39, 0.29) is 25.1 Å². The van der Waals surface area contributed by atoms with Gasteiger partial charge in [-0.25, -0.2) is 0 Å². The summed E-state index contributed by atoms with van der Waals surface area (Å²) in [6.07, 6.45) is 5.88. The standard InChI is InChI=1S/C27H44O8S/c1-5-8-12-22(6-2)19-35-27(29)25(18-23(7-3)24-13-10-9-11-14-24)17-21(4)26(28)34-16-15-33-20-36(30,31)32/h9-11,13-14,21-23,25H,5-8,12,15-20H2,1-4H3,(H,30,31,32). The molecule has 1 aromatic rings. The van der Waals surface area contributed by atoms with Gasteiger partial charge in [0.2, 0.25) is 0 Å². The van der Waals surface area contributed by atoms with Gasteiger partial charge < -0.3 is 14.2 Å². The third kappa shape index (κ3) is 13.4. The van der Waals surface area contributed by atoms with Crippen molar-refractivity contribution in [3.63, 3.8) is 0 Å². The number of hydrogen-bond donors (Lipinski definition) is 1. The zero-order valence-corrected chi connectivity index (χ0v) is 23.0. The van der Waals surface area contributed by atoms with E-state index in [2.05, 4.69) is 32.9 Å². The Morgan fingerprint density at radius 3 is 2.22 bits per heavy atom. The molecule has 0 amide bonds. The van der Waals surface area contributed by atoms with E-state index >= 15 is 0 Å². The van der Waals surface area contributed by atoms with Gasteiger partial charge in [-0.05, 0) is 43.1 Å². The van der Waals surface area contributed by atoms with Crippen LogP contribution in [-0.4, -0.2) is 50.7 Å². The molecule has 0 heterocycles. The largest absolute Gasteiger partial charge is 0.465 e. The highest BCUT2D eigenvalue weighted by Crippen LogP contribution is 2.31. The molecule has 1 rings (SSSR count). The van der Waals surface area contributed by atoms with Gasteiger partial charge in [-0.1, -0.05) is 77.3 Å². The molecule has 4 unspecified atom stereocenters. The van der Waals surface area contributed by atoms with Gasteiger partial charge in [0.15, 0.2) is 5.94 Å². The van der Waals surface area contributed by atoms with Crippen molar-refractivity contribution in [2.75, 3.05) is 25.8 Å². The number of hydrogen-bond acceptors (Lipinski definition) is 7. The van der Waals surface area contributed by atoms with E-state index in [1.807, 2.05) is 18.2 Å². The van der Waals surface area contributed by atoms with Crippen molar-refractivity contribution in [3.8, 4) is 0 Å². The first-order valence-corrected chi connectivity index (χ1v) is 14.6. The molecule has 1 aromatic carbocycles. The summed E-state index contributed by atoms with van der Waals surface area (Å²) in [5, 5.41) is 0. The Morgan fingerprint density at radius 2 is 1.64 bits per heavy atom. The fourth-order valence-electron chi connectivity index (χ4n) is 4.14. The van der Waals surface area contributed by atoms with Crippen LogP contribution < -0.4 is 0 Å². The minimum Gasteiger partial charge on any atom is -0.465 e. The van der Waals surface area contributed by atoms with Crippen LogP contribution in [0, 0.1) is 17.8 Å². The SMILES string of the molecule is CCCCC(CC)COC(=O)C(CC(C)C(=O)OCCOCS(=O)(=O)O)CC(CC)c1ccccc1. The molecule has 0 saturated heterocycles. The zero-order chi connectivity index (χ0) is 27.0. The highest BCUT2D eigenvalue weighted by Gasteiger charge is 2.30. The smallest absolute Gasteiger partial charge is 0.308 e. The lowest BCUT2D eigenvalue weighted by molar-refractivity contribution is -0.154. The minimum atomic E-state index is -4.24. The number of carbonyl (C=O) groups is 2. The maximum absolute atomic E-state index is 13.2. The fourth-order valence-corrected chi connectivity index (χ4v) is 4.47. The summed E-state index contributed by atoms with van der Waals surface area (Å²) >= 11 is 0. The Hall–Kier alpha value is -1.97. The second-order valence-corrected chi connectivity index (χ2v) is 10.8. The van der Waals surface area contributed by atoms with Gasteiger partial charge >= 0.3 is 11.9 Å². The number of carbonyl (C=O) groups excluding carboxylic acids is 2. The van der Waals surface area contributed by atoms with E-state index in [1.165, 1.54) is 0 Å². The lowest BCUT2D eigenvalue weighted by Gasteiger charge is -2.25. The number of ether oxygens (including phenoxy) is 3.